The van der Waals surface area contributed by atoms with E-state index in [2.05, 4.69) is 52.1 Å². The Hall–Kier alpha value is -0.803. The summed E-state index contributed by atoms with van der Waals surface area (Å²) in [5.41, 5.74) is 2.42. The van der Waals surface area contributed by atoms with E-state index in [0.717, 1.165) is 18.8 Å². The van der Waals surface area contributed by atoms with Crippen molar-refractivity contribution in [2.24, 2.45) is 0 Å². The van der Waals surface area contributed by atoms with Crippen molar-refractivity contribution >= 4 is 8.56 Å². The summed E-state index contributed by atoms with van der Waals surface area (Å²) >= 11 is 0. The third-order valence-electron chi connectivity index (χ3n) is 4.65. The van der Waals surface area contributed by atoms with Crippen molar-refractivity contribution in [2.45, 2.75) is 98.1 Å². The standard InChI is InChI=1S/C22H40O2Si/c1-6-7-8-9-10-11-12-13-14-15-18-23-25(4,5)24-22-19-20(2)16-17-21(22)3/h16-17,19H,6-15,18H2,1-5H3. The van der Waals surface area contributed by atoms with Crippen molar-refractivity contribution in [2.75, 3.05) is 6.61 Å². The van der Waals surface area contributed by atoms with Crippen molar-refractivity contribution < 1.29 is 8.85 Å². The van der Waals surface area contributed by atoms with Gasteiger partial charge in [0.25, 0.3) is 0 Å². The quantitative estimate of drug-likeness (QED) is 0.254. The van der Waals surface area contributed by atoms with Crippen molar-refractivity contribution in [1.29, 1.82) is 0 Å². The number of benzene rings is 1. The van der Waals surface area contributed by atoms with Crippen LogP contribution in [0.4, 0.5) is 0 Å². The van der Waals surface area contributed by atoms with Crippen LogP contribution in [0.15, 0.2) is 18.2 Å². The van der Waals surface area contributed by atoms with Crippen LogP contribution in [0.25, 0.3) is 0 Å². The Bertz CT molecular complexity index is 471. The van der Waals surface area contributed by atoms with Gasteiger partial charge in [0.1, 0.15) is 5.75 Å². The third kappa shape index (κ3) is 10.7. The maximum Gasteiger partial charge on any atom is 0.392 e. The number of rotatable bonds is 14. The Labute approximate surface area is 157 Å². The molecule has 2 nitrogen and oxygen atoms in total. The molecule has 0 aliphatic heterocycles. The first-order valence-electron chi connectivity index (χ1n) is 10.3. The lowest BCUT2D eigenvalue weighted by Crippen LogP contribution is -2.38. The number of hydrogen-bond donors (Lipinski definition) is 0. The van der Waals surface area contributed by atoms with Gasteiger partial charge in [0, 0.05) is 6.61 Å². The molecule has 0 aromatic heterocycles. The first kappa shape index (κ1) is 22.2. The van der Waals surface area contributed by atoms with Gasteiger partial charge in [-0.1, -0.05) is 76.8 Å². The Balaban J connectivity index is 2.09. The highest BCUT2D eigenvalue weighted by Crippen LogP contribution is 2.23. The predicted octanol–water partition coefficient (Wildman–Crippen LogP) is 7.32. The van der Waals surface area contributed by atoms with Gasteiger partial charge in [0.15, 0.2) is 0 Å². The minimum atomic E-state index is -2.09. The molecular formula is C22H40O2Si. The smallest absolute Gasteiger partial charge is 0.392 e. The maximum absolute atomic E-state index is 6.22. The molecule has 0 aliphatic carbocycles. The topological polar surface area (TPSA) is 18.5 Å². The molecule has 0 radical (unpaired) electrons. The van der Waals surface area contributed by atoms with Crippen LogP contribution < -0.4 is 4.43 Å². The lowest BCUT2D eigenvalue weighted by atomic mass is 10.1. The van der Waals surface area contributed by atoms with Gasteiger partial charge in [-0.2, -0.15) is 0 Å². The normalized spacial score (nSPS) is 11.7. The molecule has 0 unspecified atom stereocenters. The number of aryl methyl sites for hydroxylation is 2. The van der Waals surface area contributed by atoms with Crippen LogP contribution in [0.5, 0.6) is 5.75 Å². The van der Waals surface area contributed by atoms with Crippen molar-refractivity contribution in [1.82, 2.24) is 0 Å². The molecule has 0 bridgehead atoms. The molecule has 1 aromatic carbocycles. The lowest BCUT2D eigenvalue weighted by Gasteiger charge is -2.25. The Kier molecular flexibility index (Phi) is 11.1. The second kappa shape index (κ2) is 12.5. The molecule has 144 valence electrons. The van der Waals surface area contributed by atoms with Gasteiger partial charge >= 0.3 is 8.56 Å². The Morgan fingerprint density at radius 3 is 1.96 bits per heavy atom. The molecule has 0 aliphatic rings. The van der Waals surface area contributed by atoms with E-state index >= 15 is 0 Å². The highest BCUT2D eigenvalue weighted by Gasteiger charge is 2.27. The summed E-state index contributed by atoms with van der Waals surface area (Å²) in [4.78, 5) is 0. The highest BCUT2D eigenvalue weighted by atomic mass is 28.4. The largest absolute Gasteiger partial charge is 0.520 e. The van der Waals surface area contributed by atoms with E-state index in [1.165, 1.54) is 68.9 Å². The number of hydrogen-bond acceptors (Lipinski definition) is 2. The van der Waals surface area contributed by atoms with E-state index in [9.17, 15) is 0 Å². The van der Waals surface area contributed by atoms with Gasteiger partial charge in [-0.15, -0.1) is 0 Å². The van der Waals surface area contributed by atoms with E-state index < -0.39 is 8.56 Å². The van der Waals surface area contributed by atoms with Crippen molar-refractivity contribution in [3.63, 3.8) is 0 Å². The van der Waals surface area contributed by atoms with Crippen molar-refractivity contribution in [3.8, 4) is 5.75 Å². The molecule has 0 fully saturated rings. The monoisotopic (exact) mass is 364 g/mol. The molecule has 0 amide bonds. The fourth-order valence-corrected chi connectivity index (χ4v) is 4.46. The van der Waals surface area contributed by atoms with E-state index in [1.54, 1.807) is 0 Å². The first-order valence-corrected chi connectivity index (χ1v) is 13.2. The minimum absolute atomic E-state index is 0.834. The van der Waals surface area contributed by atoms with Crippen molar-refractivity contribution in [3.05, 3.63) is 29.3 Å². The van der Waals surface area contributed by atoms with Crippen LogP contribution in [0, 0.1) is 13.8 Å². The van der Waals surface area contributed by atoms with E-state index in [0.29, 0.717) is 0 Å². The summed E-state index contributed by atoms with van der Waals surface area (Å²) in [5, 5.41) is 0. The SMILES string of the molecule is CCCCCCCCCCCCO[Si](C)(C)Oc1cc(C)ccc1C. The fraction of sp³-hybridized carbons (Fsp3) is 0.727. The Morgan fingerprint density at radius 1 is 0.800 bits per heavy atom. The van der Waals surface area contributed by atoms with Gasteiger partial charge < -0.3 is 8.85 Å². The van der Waals surface area contributed by atoms with Gasteiger partial charge in [0.2, 0.25) is 0 Å². The summed E-state index contributed by atoms with van der Waals surface area (Å²) in [6.45, 7) is 11.6. The van der Waals surface area contributed by atoms with Crippen LogP contribution in [0.2, 0.25) is 13.1 Å². The van der Waals surface area contributed by atoms with Gasteiger partial charge in [-0.25, -0.2) is 0 Å². The minimum Gasteiger partial charge on any atom is -0.520 e. The predicted molar refractivity (Wildman–Crippen MR) is 112 cm³/mol. The molecule has 25 heavy (non-hydrogen) atoms. The second-order valence-corrected chi connectivity index (χ2v) is 11.1. The van der Waals surface area contributed by atoms with E-state index in [-0.39, 0.29) is 0 Å². The number of unbranched alkanes of at least 4 members (excludes halogenated alkanes) is 9. The summed E-state index contributed by atoms with van der Waals surface area (Å²) in [5.74, 6) is 0.986. The van der Waals surface area contributed by atoms with E-state index in [4.69, 9.17) is 8.85 Å². The first-order chi connectivity index (χ1) is 11.9. The van der Waals surface area contributed by atoms with Crippen LogP contribution in [0.1, 0.15) is 82.3 Å². The molecule has 3 heteroatoms. The zero-order chi connectivity index (χ0) is 18.5. The molecule has 0 saturated heterocycles. The average Bonchev–Trinajstić information content (AvgIpc) is 2.55. The average molecular weight is 365 g/mol. The summed E-state index contributed by atoms with van der Waals surface area (Å²) in [6.07, 6.45) is 13.6. The van der Waals surface area contributed by atoms with Crippen LogP contribution in [-0.4, -0.2) is 15.2 Å². The van der Waals surface area contributed by atoms with Gasteiger partial charge in [-0.3, -0.25) is 0 Å². The lowest BCUT2D eigenvalue weighted by molar-refractivity contribution is 0.240. The molecule has 0 heterocycles. The molecule has 1 rings (SSSR count). The molecule has 0 saturated carbocycles. The summed E-state index contributed by atoms with van der Waals surface area (Å²) in [6, 6.07) is 6.37. The highest BCUT2D eigenvalue weighted by molar-refractivity contribution is 6.65. The summed E-state index contributed by atoms with van der Waals surface area (Å²) < 4.78 is 12.3. The second-order valence-electron chi connectivity index (χ2n) is 7.80. The zero-order valence-corrected chi connectivity index (χ0v) is 18.3. The Morgan fingerprint density at radius 2 is 1.36 bits per heavy atom. The van der Waals surface area contributed by atoms with Crippen LogP contribution in [0.3, 0.4) is 0 Å². The molecule has 1 aromatic rings. The maximum atomic E-state index is 6.22. The van der Waals surface area contributed by atoms with Gasteiger partial charge in [-0.05, 0) is 50.6 Å². The molecular weight excluding hydrogens is 324 g/mol. The van der Waals surface area contributed by atoms with E-state index in [1.807, 2.05) is 0 Å². The van der Waals surface area contributed by atoms with Crippen LogP contribution >= 0.6 is 0 Å². The summed E-state index contributed by atoms with van der Waals surface area (Å²) in [7, 11) is -2.09. The van der Waals surface area contributed by atoms with Gasteiger partial charge in [0.05, 0.1) is 0 Å². The molecule has 0 spiro atoms. The fourth-order valence-electron chi connectivity index (χ4n) is 3.02. The molecule has 0 atom stereocenters. The zero-order valence-electron chi connectivity index (χ0n) is 17.3. The molecule has 0 N–H and O–H groups in total. The van der Waals surface area contributed by atoms with Crippen LogP contribution in [-0.2, 0) is 4.43 Å². The third-order valence-corrected chi connectivity index (χ3v) is 6.26.